The number of hydrogen-bond acceptors (Lipinski definition) is 2. The first-order valence-corrected chi connectivity index (χ1v) is 7.34. The molecular formula is C13H17FO2S. The van der Waals surface area contributed by atoms with Crippen LogP contribution >= 0.6 is 0 Å². The zero-order valence-corrected chi connectivity index (χ0v) is 10.5. The lowest BCUT2D eigenvalue weighted by molar-refractivity contribution is 0.104. The van der Waals surface area contributed by atoms with E-state index in [1.807, 2.05) is 0 Å². The average Bonchev–Trinajstić information content (AvgIpc) is 2.82. The molecule has 0 N–H and O–H groups in total. The topological polar surface area (TPSA) is 26.3 Å². The first-order valence-electron chi connectivity index (χ1n) is 6.02. The Morgan fingerprint density at radius 3 is 2.94 bits per heavy atom. The minimum atomic E-state index is -1.23. The van der Waals surface area contributed by atoms with Crippen molar-refractivity contribution in [3.63, 3.8) is 0 Å². The van der Waals surface area contributed by atoms with E-state index in [0.29, 0.717) is 16.8 Å². The van der Waals surface area contributed by atoms with Crippen molar-refractivity contribution in [1.29, 1.82) is 0 Å². The van der Waals surface area contributed by atoms with E-state index < -0.39 is 10.8 Å². The predicted octanol–water partition coefficient (Wildman–Crippen LogP) is 2.89. The summed E-state index contributed by atoms with van der Waals surface area (Å²) < 4.78 is 30.7. The Morgan fingerprint density at radius 2 is 2.24 bits per heavy atom. The highest BCUT2D eigenvalue weighted by molar-refractivity contribution is 7.85. The van der Waals surface area contributed by atoms with Crippen molar-refractivity contribution in [3.05, 3.63) is 30.1 Å². The van der Waals surface area contributed by atoms with E-state index in [9.17, 15) is 8.60 Å². The van der Waals surface area contributed by atoms with Crippen LogP contribution in [0.4, 0.5) is 4.39 Å². The summed E-state index contributed by atoms with van der Waals surface area (Å²) in [4.78, 5) is 0.319. The summed E-state index contributed by atoms with van der Waals surface area (Å²) >= 11 is 0. The quantitative estimate of drug-likeness (QED) is 0.809. The molecule has 1 aliphatic heterocycles. The minimum Gasteiger partial charge on any atom is -0.378 e. The highest BCUT2D eigenvalue weighted by Crippen LogP contribution is 2.18. The van der Waals surface area contributed by atoms with Gasteiger partial charge in [-0.25, -0.2) is 4.39 Å². The average molecular weight is 256 g/mol. The number of ether oxygens (including phenoxy) is 1. The summed E-state index contributed by atoms with van der Waals surface area (Å²) in [7, 11) is -1.23. The second kappa shape index (κ2) is 6.26. The summed E-state index contributed by atoms with van der Waals surface area (Å²) in [5.41, 5.74) is 0. The van der Waals surface area contributed by atoms with Gasteiger partial charge in [-0.2, -0.15) is 0 Å². The number of rotatable bonds is 5. The Morgan fingerprint density at radius 1 is 1.41 bits per heavy atom. The molecule has 0 bridgehead atoms. The molecule has 0 aromatic heterocycles. The van der Waals surface area contributed by atoms with Crippen LogP contribution in [0.3, 0.4) is 0 Å². The molecule has 0 amide bonds. The Labute approximate surface area is 104 Å². The second-order valence-electron chi connectivity index (χ2n) is 4.26. The smallest absolute Gasteiger partial charge is 0.139 e. The molecular weight excluding hydrogens is 239 g/mol. The molecule has 0 spiro atoms. The van der Waals surface area contributed by atoms with Gasteiger partial charge in [0.25, 0.3) is 0 Å². The fraction of sp³-hybridized carbons (Fsp3) is 0.538. The molecule has 17 heavy (non-hydrogen) atoms. The number of benzene rings is 1. The van der Waals surface area contributed by atoms with Crippen LogP contribution in [0.2, 0.25) is 0 Å². The molecule has 0 radical (unpaired) electrons. The van der Waals surface area contributed by atoms with Gasteiger partial charge in [0.1, 0.15) is 5.82 Å². The SMILES string of the molecule is O=S(CCCC1CCCO1)c1ccccc1F. The Hall–Kier alpha value is -0.740. The van der Waals surface area contributed by atoms with Crippen molar-refractivity contribution in [1.82, 2.24) is 0 Å². The van der Waals surface area contributed by atoms with Gasteiger partial charge in [-0.3, -0.25) is 4.21 Å². The summed E-state index contributed by atoms with van der Waals surface area (Å²) in [6.45, 7) is 0.848. The van der Waals surface area contributed by atoms with E-state index in [2.05, 4.69) is 0 Å². The van der Waals surface area contributed by atoms with Gasteiger partial charge in [-0.05, 0) is 37.8 Å². The third-order valence-electron chi connectivity index (χ3n) is 2.96. The van der Waals surface area contributed by atoms with E-state index in [4.69, 9.17) is 4.74 Å². The zero-order valence-electron chi connectivity index (χ0n) is 9.73. The van der Waals surface area contributed by atoms with Crippen molar-refractivity contribution >= 4 is 10.8 Å². The van der Waals surface area contributed by atoms with E-state index in [1.165, 1.54) is 6.07 Å². The zero-order chi connectivity index (χ0) is 12.1. The summed E-state index contributed by atoms with van der Waals surface area (Å²) in [6.07, 6.45) is 4.31. The first kappa shape index (κ1) is 12.7. The van der Waals surface area contributed by atoms with Gasteiger partial charge in [0.15, 0.2) is 0 Å². The first-order chi connectivity index (χ1) is 8.27. The molecule has 0 aliphatic carbocycles. The van der Waals surface area contributed by atoms with Gasteiger partial charge < -0.3 is 4.74 Å². The molecule has 4 heteroatoms. The molecule has 2 rings (SSSR count). The molecule has 1 heterocycles. The van der Waals surface area contributed by atoms with Crippen LogP contribution in [0.15, 0.2) is 29.2 Å². The van der Waals surface area contributed by atoms with Crippen molar-refractivity contribution < 1.29 is 13.3 Å². The van der Waals surface area contributed by atoms with Crippen molar-refractivity contribution in [2.24, 2.45) is 0 Å². The van der Waals surface area contributed by atoms with Gasteiger partial charge in [0, 0.05) is 12.4 Å². The molecule has 2 atom stereocenters. The van der Waals surface area contributed by atoms with E-state index >= 15 is 0 Å². The highest BCUT2D eigenvalue weighted by Gasteiger charge is 2.16. The van der Waals surface area contributed by atoms with Crippen LogP contribution in [-0.4, -0.2) is 22.7 Å². The lowest BCUT2D eigenvalue weighted by Crippen LogP contribution is -2.08. The highest BCUT2D eigenvalue weighted by atomic mass is 32.2. The minimum absolute atomic E-state index is 0.319. The normalized spacial score (nSPS) is 21.6. The Bertz CT molecular complexity index is 389. The van der Waals surface area contributed by atoms with E-state index in [1.54, 1.807) is 18.2 Å². The number of halogens is 1. The van der Waals surface area contributed by atoms with Gasteiger partial charge in [0.2, 0.25) is 0 Å². The lowest BCUT2D eigenvalue weighted by atomic mass is 10.1. The second-order valence-corrected chi connectivity index (χ2v) is 5.80. The maximum atomic E-state index is 13.4. The van der Waals surface area contributed by atoms with Gasteiger partial charge in [-0.1, -0.05) is 12.1 Å². The monoisotopic (exact) mass is 256 g/mol. The Balaban J connectivity index is 1.79. The lowest BCUT2D eigenvalue weighted by Gasteiger charge is -2.08. The van der Waals surface area contributed by atoms with Crippen LogP contribution in [0.25, 0.3) is 0 Å². The standard InChI is InChI=1S/C13H17FO2S/c14-12-7-1-2-8-13(12)17(15)10-4-6-11-5-3-9-16-11/h1-2,7-8,11H,3-6,9-10H2. The van der Waals surface area contributed by atoms with Crippen LogP contribution in [0, 0.1) is 5.82 Å². The predicted molar refractivity (Wildman–Crippen MR) is 65.9 cm³/mol. The summed E-state index contributed by atoms with van der Waals surface area (Å²) in [5, 5.41) is 0. The van der Waals surface area contributed by atoms with Gasteiger partial charge in [-0.15, -0.1) is 0 Å². The maximum absolute atomic E-state index is 13.4. The molecule has 2 nitrogen and oxygen atoms in total. The molecule has 1 aromatic rings. The van der Waals surface area contributed by atoms with Gasteiger partial charge in [0.05, 0.1) is 21.8 Å². The fourth-order valence-electron chi connectivity index (χ4n) is 2.05. The molecule has 0 saturated carbocycles. The van der Waals surface area contributed by atoms with Crippen LogP contribution in [0.5, 0.6) is 0 Å². The third kappa shape index (κ3) is 3.61. The van der Waals surface area contributed by atoms with E-state index in [0.717, 1.165) is 32.3 Å². The van der Waals surface area contributed by atoms with Crippen molar-refractivity contribution in [2.75, 3.05) is 12.4 Å². The van der Waals surface area contributed by atoms with Crippen LogP contribution in [-0.2, 0) is 15.5 Å². The third-order valence-corrected chi connectivity index (χ3v) is 4.44. The fourth-order valence-corrected chi connectivity index (χ4v) is 3.22. The molecule has 94 valence electrons. The molecule has 1 saturated heterocycles. The van der Waals surface area contributed by atoms with Crippen LogP contribution < -0.4 is 0 Å². The number of hydrogen-bond donors (Lipinski definition) is 0. The largest absolute Gasteiger partial charge is 0.378 e. The van der Waals surface area contributed by atoms with Crippen molar-refractivity contribution in [2.45, 2.75) is 36.7 Å². The van der Waals surface area contributed by atoms with E-state index in [-0.39, 0.29) is 5.82 Å². The molecule has 1 aromatic carbocycles. The van der Waals surface area contributed by atoms with Crippen LogP contribution in [0.1, 0.15) is 25.7 Å². The van der Waals surface area contributed by atoms with Gasteiger partial charge >= 0.3 is 0 Å². The molecule has 2 unspecified atom stereocenters. The molecule has 1 aliphatic rings. The summed E-state index contributed by atoms with van der Waals surface area (Å²) in [5.74, 6) is 0.142. The Kier molecular flexibility index (Phi) is 4.68. The van der Waals surface area contributed by atoms with Crippen molar-refractivity contribution in [3.8, 4) is 0 Å². The summed E-state index contributed by atoms with van der Waals surface area (Å²) in [6, 6.07) is 6.28. The molecule has 1 fully saturated rings. The maximum Gasteiger partial charge on any atom is 0.139 e.